The molecule has 1 saturated carbocycles. The first-order valence-electron chi connectivity index (χ1n) is 13.6. The largest absolute Gasteiger partial charge is 0.499 e. The number of amides is 1. The van der Waals surface area contributed by atoms with Gasteiger partial charge in [-0.25, -0.2) is 23.7 Å². The number of hydrogen-bond acceptors (Lipinski definition) is 9. The Bertz CT molecular complexity index is 1440. The maximum Gasteiger partial charge on any atom is 0.250 e. The number of aromatic nitrogens is 3. The van der Waals surface area contributed by atoms with Gasteiger partial charge < -0.3 is 30.2 Å². The van der Waals surface area contributed by atoms with Crippen molar-refractivity contribution in [3.05, 3.63) is 46.4 Å². The van der Waals surface area contributed by atoms with Crippen molar-refractivity contribution in [2.45, 2.75) is 62.3 Å². The van der Waals surface area contributed by atoms with Crippen LogP contribution in [0.15, 0.2) is 40.7 Å². The van der Waals surface area contributed by atoms with Crippen LogP contribution in [0.2, 0.25) is 0 Å². The van der Waals surface area contributed by atoms with Gasteiger partial charge in [-0.15, -0.1) is 0 Å². The minimum absolute atomic E-state index is 0.220. The van der Waals surface area contributed by atoms with E-state index in [0.717, 1.165) is 0 Å². The quantitative estimate of drug-likeness (QED) is 0.332. The number of fused-ring (bicyclic) bond motifs is 1. The summed E-state index contributed by atoms with van der Waals surface area (Å²) in [5, 5.41) is 10.5. The Morgan fingerprint density at radius 1 is 1.21 bits per heavy atom. The van der Waals surface area contributed by atoms with Crippen LogP contribution in [-0.2, 0) is 19.0 Å². The minimum Gasteiger partial charge on any atom is -0.499 e. The molecule has 0 spiro atoms. The molecule has 2 aromatic heterocycles. The monoisotopic (exact) mass is 624 g/mol. The molecule has 14 heteroatoms. The van der Waals surface area contributed by atoms with Gasteiger partial charge in [0.15, 0.2) is 5.82 Å². The third-order valence-corrected chi connectivity index (χ3v) is 8.47. The summed E-state index contributed by atoms with van der Waals surface area (Å²) in [6.07, 6.45) is 2.97. The number of halogens is 4. The number of alkyl halides is 2. The van der Waals surface area contributed by atoms with Gasteiger partial charge in [0.25, 0.3) is 0 Å². The Kier molecular flexibility index (Phi) is 9.17. The first kappa shape index (κ1) is 30.4. The van der Waals surface area contributed by atoms with Gasteiger partial charge in [0, 0.05) is 56.2 Å². The van der Waals surface area contributed by atoms with Crippen LogP contribution in [-0.4, -0.2) is 78.4 Å². The van der Waals surface area contributed by atoms with Gasteiger partial charge in [-0.2, -0.15) is 0 Å². The Hall–Kier alpha value is -3.06. The number of allylic oxidation sites excluding steroid dienone is 2. The normalized spacial score (nSPS) is 25.9. The number of methoxy groups -OCH3 is 2. The third-order valence-electron chi connectivity index (χ3n) is 7.64. The molecule has 0 aromatic carbocycles. The Balaban J connectivity index is 1.55. The van der Waals surface area contributed by atoms with E-state index in [9.17, 15) is 13.6 Å². The average molecular weight is 626 g/mol. The number of carbonyl (C=O) groups is 1. The predicted molar refractivity (Wildman–Crippen MR) is 157 cm³/mol. The van der Waals surface area contributed by atoms with E-state index in [1.54, 1.807) is 12.3 Å². The van der Waals surface area contributed by atoms with Gasteiger partial charge in [0.05, 0.1) is 41.6 Å². The lowest BCUT2D eigenvalue weighted by molar-refractivity contribution is -0.117. The number of rotatable bonds is 9. The van der Waals surface area contributed by atoms with Crippen LogP contribution in [0.4, 0.5) is 20.5 Å². The summed E-state index contributed by atoms with van der Waals surface area (Å²) in [7, 11) is 3.04. The summed E-state index contributed by atoms with van der Waals surface area (Å²) in [5.41, 5.74) is 1.22. The topological polar surface area (TPSA) is 120 Å². The molecule has 226 valence electrons. The molecular weight excluding hydrogens is 593 g/mol. The highest BCUT2D eigenvalue weighted by Crippen LogP contribution is 2.43. The number of carbonyl (C=O) groups excluding carboxylic acids is 1. The highest BCUT2D eigenvalue weighted by atomic mass is 35.5. The van der Waals surface area contributed by atoms with Crippen molar-refractivity contribution in [1.82, 2.24) is 20.3 Å². The van der Waals surface area contributed by atoms with E-state index in [0.29, 0.717) is 59.0 Å². The summed E-state index contributed by atoms with van der Waals surface area (Å²) in [5.74, 6) is -2.02. The molecule has 0 bridgehead atoms. The summed E-state index contributed by atoms with van der Waals surface area (Å²) in [6, 6.07) is 0.660. The zero-order chi connectivity index (χ0) is 30.0. The lowest BCUT2D eigenvalue weighted by atomic mass is 9.98. The van der Waals surface area contributed by atoms with Crippen LogP contribution < -0.4 is 16.0 Å². The van der Waals surface area contributed by atoms with Gasteiger partial charge >= 0.3 is 0 Å². The van der Waals surface area contributed by atoms with Crippen molar-refractivity contribution < 1.29 is 27.8 Å². The molecule has 5 rings (SSSR count). The second kappa shape index (κ2) is 12.7. The third kappa shape index (κ3) is 6.46. The van der Waals surface area contributed by atoms with E-state index < -0.39 is 18.1 Å². The molecule has 2 fully saturated rings. The zero-order valence-corrected chi connectivity index (χ0v) is 24.7. The molecule has 4 atom stereocenters. The molecule has 1 saturated heterocycles. The average Bonchev–Trinajstić information content (AvgIpc) is 3.32. The van der Waals surface area contributed by atoms with Crippen molar-refractivity contribution in [3.63, 3.8) is 0 Å². The Morgan fingerprint density at radius 3 is 2.71 bits per heavy atom. The molecule has 2 aliphatic carbocycles. The van der Waals surface area contributed by atoms with E-state index in [4.69, 9.17) is 47.4 Å². The van der Waals surface area contributed by atoms with Crippen LogP contribution in [0.25, 0.3) is 16.5 Å². The van der Waals surface area contributed by atoms with E-state index in [-0.39, 0.29) is 54.1 Å². The fraction of sp³-hybridized carbons (Fsp3) is 0.500. The number of pyridine rings is 1. The molecule has 3 N–H and O–H groups in total. The van der Waals surface area contributed by atoms with Crippen molar-refractivity contribution in [2.75, 3.05) is 38.1 Å². The maximum atomic E-state index is 14.1. The number of nitrogens with zero attached hydrogens (tertiary/aromatic N) is 3. The molecule has 4 unspecified atom stereocenters. The van der Waals surface area contributed by atoms with Crippen LogP contribution in [0.1, 0.15) is 37.8 Å². The molecule has 3 heterocycles. The predicted octanol–water partition coefficient (Wildman–Crippen LogP) is 4.96. The fourth-order valence-electron chi connectivity index (χ4n) is 5.41. The van der Waals surface area contributed by atoms with Gasteiger partial charge in [-0.1, -0.05) is 29.8 Å². The van der Waals surface area contributed by atoms with Gasteiger partial charge in [0.2, 0.25) is 17.8 Å². The number of ether oxygens (including phenoxy) is 3. The summed E-state index contributed by atoms with van der Waals surface area (Å²) >= 11 is 13.5. The molecule has 10 nitrogen and oxygen atoms in total. The Labute approximate surface area is 251 Å². The Morgan fingerprint density at radius 2 is 2.02 bits per heavy atom. The molecule has 42 heavy (non-hydrogen) atoms. The van der Waals surface area contributed by atoms with Crippen LogP contribution >= 0.6 is 23.2 Å². The minimum atomic E-state index is -2.76. The molecular formula is C28H32Cl2F2N6O4. The van der Waals surface area contributed by atoms with Crippen LogP contribution in [0.3, 0.4) is 0 Å². The lowest BCUT2D eigenvalue weighted by Gasteiger charge is -2.32. The molecule has 2 aromatic rings. The van der Waals surface area contributed by atoms with Crippen LogP contribution in [0.5, 0.6) is 0 Å². The molecule has 1 aliphatic heterocycles. The van der Waals surface area contributed by atoms with Gasteiger partial charge in [0.1, 0.15) is 17.4 Å². The van der Waals surface area contributed by atoms with E-state index in [2.05, 4.69) is 27.5 Å². The van der Waals surface area contributed by atoms with Crippen molar-refractivity contribution >= 4 is 57.4 Å². The van der Waals surface area contributed by atoms with E-state index in [1.807, 2.05) is 0 Å². The van der Waals surface area contributed by atoms with Crippen molar-refractivity contribution in [3.8, 4) is 0 Å². The summed E-state index contributed by atoms with van der Waals surface area (Å²) in [6.45, 7) is 4.33. The van der Waals surface area contributed by atoms with Gasteiger partial charge in [-0.05, 0) is 25.0 Å². The zero-order valence-electron chi connectivity index (χ0n) is 23.2. The first-order valence-corrected chi connectivity index (χ1v) is 14.3. The number of hydrogen-bond donors (Lipinski definition) is 3. The fourth-order valence-corrected chi connectivity index (χ4v) is 6.17. The van der Waals surface area contributed by atoms with E-state index in [1.165, 1.54) is 20.3 Å². The summed E-state index contributed by atoms with van der Waals surface area (Å²) in [4.78, 5) is 25.9. The highest BCUT2D eigenvalue weighted by Gasteiger charge is 2.40. The lowest BCUT2D eigenvalue weighted by Crippen LogP contribution is -2.52. The summed E-state index contributed by atoms with van der Waals surface area (Å²) < 4.78 is 44.9. The number of anilines is 2. The van der Waals surface area contributed by atoms with Gasteiger partial charge in [-0.3, -0.25) is 4.79 Å². The second-order valence-electron chi connectivity index (χ2n) is 10.5. The molecule has 0 radical (unpaired) electrons. The van der Waals surface area contributed by atoms with Crippen molar-refractivity contribution in [1.29, 1.82) is 0 Å². The second-order valence-corrected chi connectivity index (χ2v) is 11.2. The highest BCUT2D eigenvalue weighted by molar-refractivity contribution is 6.43. The standard InChI is InChI=1S/C28H32Cl2F2N6O4/c1-4-21(39)35-16-6-8-42-13-18(16)37-27-33-12-14-9-17(22-23(29)19(40-2)10-20(41-3)24(22)30)36-26(25(14)38-27)34-15-5-7-28(31,32)11-15/h4,9,12,15-16,18-19H,1,5-8,10-11,13H2,2-3H3,(H,34,36)(H,35,39)(H,33,37,38). The first-order chi connectivity index (χ1) is 20.1. The number of nitrogens with one attached hydrogen (secondary N) is 3. The molecule has 1 amide bonds. The van der Waals surface area contributed by atoms with E-state index >= 15 is 0 Å². The molecule has 3 aliphatic rings. The smallest absolute Gasteiger partial charge is 0.250 e. The SMILES string of the molecule is C=CC(=O)NC1CCOCC1Nc1ncc2cc(C3=C(Cl)C(OC)CC(OC)=C3Cl)nc(NC3CCC(F)(F)C3)c2n1. The van der Waals surface area contributed by atoms with Crippen molar-refractivity contribution in [2.24, 2.45) is 0 Å². The maximum absolute atomic E-state index is 14.1. The van der Waals surface area contributed by atoms with Crippen LogP contribution in [0, 0.1) is 0 Å².